The Labute approximate surface area is 116 Å². The number of hydrogen-bond donors (Lipinski definition) is 1. The van der Waals surface area contributed by atoms with Gasteiger partial charge in [0, 0.05) is 28.9 Å². The molecule has 0 saturated heterocycles. The number of thiophene rings is 1. The number of nitrogens with zero attached hydrogens (tertiary/aromatic N) is 1. The fraction of sp³-hybridized carbons (Fsp3) is 0.286. The van der Waals surface area contributed by atoms with E-state index in [0.717, 1.165) is 11.1 Å². The van der Waals surface area contributed by atoms with Crippen molar-refractivity contribution in [1.29, 1.82) is 0 Å². The van der Waals surface area contributed by atoms with E-state index in [1.165, 1.54) is 11.3 Å². The molecule has 0 aromatic carbocycles. The lowest BCUT2D eigenvalue weighted by atomic mass is 10.1. The summed E-state index contributed by atoms with van der Waals surface area (Å²) in [5, 5.41) is 2.32. The van der Waals surface area contributed by atoms with Crippen LogP contribution < -0.4 is 5.73 Å². The summed E-state index contributed by atoms with van der Waals surface area (Å²) in [6, 6.07) is 3.71. The average Bonchev–Trinajstić information content (AvgIpc) is 2.70. The van der Waals surface area contributed by atoms with Gasteiger partial charge in [0.15, 0.2) is 0 Å². The van der Waals surface area contributed by atoms with E-state index < -0.39 is 11.6 Å². The molecule has 0 aliphatic heterocycles. The molecular weight excluding hydrogens is 260 g/mol. The predicted octanol–water partition coefficient (Wildman–Crippen LogP) is 3.35. The van der Waals surface area contributed by atoms with Crippen LogP contribution in [-0.2, 0) is 4.74 Å². The van der Waals surface area contributed by atoms with Crippen molar-refractivity contribution in [2.75, 3.05) is 5.73 Å². The smallest absolute Gasteiger partial charge is 0.342 e. The van der Waals surface area contributed by atoms with Gasteiger partial charge in [-0.05, 0) is 26.8 Å². The minimum atomic E-state index is -0.544. The maximum Gasteiger partial charge on any atom is 0.342 e. The van der Waals surface area contributed by atoms with Gasteiger partial charge in [0.05, 0.1) is 0 Å². The summed E-state index contributed by atoms with van der Waals surface area (Å²) >= 11 is 1.33. The van der Waals surface area contributed by atoms with Crippen molar-refractivity contribution in [3.63, 3.8) is 0 Å². The van der Waals surface area contributed by atoms with E-state index >= 15 is 0 Å². The van der Waals surface area contributed by atoms with Crippen LogP contribution in [0.4, 0.5) is 5.00 Å². The number of pyridine rings is 1. The van der Waals surface area contributed by atoms with E-state index in [-0.39, 0.29) is 0 Å². The van der Waals surface area contributed by atoms with Gasteiger partial charge in [-0.3, -0.25) is 4.98 Å². The Morgan fingerprint density at radius 1 is 1.42 bits per heavy atom. The summed E-state index contributed by atoms with van der Waals surface area (Å²) in [7, 11) is 0. The first kappa shape index (κ1) is 13.5. The Morgan fingerprint density at radius 3 is 2.74 bits per heavy atom. The predicted molar refractivity (Wildman–Crippen MR) is 77.1 cm³/mol. The van der Waals surface area contributed by atoms with Crippen LogP contribution in [0, 0.1) is 0 Å². The quantitative estimate of drug-likeness (QED) is 0.854. The van der Waals surface area contributed by atoms with Crippen LogP contribution in [0.25, 0.3) is 11.1 Å². The van der Waals surface area contributed by atoms with Gasteiger partial charge in [-0.1, -0.05) is 6.07 Å². The molecule has 2 heterocycles. The summed E-state index contributed by atoms with van der Waals surface area (Å²) in [6.45, 7) is 5.49. The Morgan fingerprint density at radius 2 is 2.16 bits per heavy atom. The van der Waals surface area contributed by atoms with E-state index in [4.69, 9.17) is 10.5 Å². The Bertz CT molecular complexity index is 585. The Kier molecular flexibility index (Phi) is 3.57. The number of rotatable bonds is 2. The van der Waals surface area contributed by atoms with Gasteiger partial charge in [0.1, 0.15) is 16.2 Å². The van der Waals surface area contributed by atoms with Crippen molar-refractivity contribution in [3.05, 3.63) is 35.5 Å². The summed E-state index contributed by atoms with van der Waals surface area (Å²) in [4.78, 5) is 16.3. The average molecular weight is 276 g/mol. The highest BCUT2D eigenvalue weighted by molar-refractivity contribution is 7.14. The van der Waals surface area contributed by atoms with Crippen molar-refractivity contribution >= 4 is 22.3 Å². The van der Waals surface area contributed by atoms with Crippen LogP contribution >= 0.6 is 11.3 Å². The van der Waals surface area contributed by atoms with E-state index in [9.17, 15) is 4.79 Å². The maximum atomic E-state index is 12.2. The maximum absolute atomic E-state index is 12.2. The molecule has 0 radical (unpaired) electrons. The number of anilines is 1. The zero-order valence-corrected chi connectivity index (χ0v) is 12.0. The highest BCUT2D eigenvalue weighted by Gasteiger charge is 2.24. The van der Waals surface area contributed by atoms with Crippen LogP contribution in [0.5, 0.6) is 0 Å². The first-order valence-corrected chi connectivity index (χ1v) is 6.77. The zero-order valence-electron chi connectivity index (χ0n) is 11.1. The zero-order chi connectivity index (χ0) is 14.0. The van der Waals surface area contributed by atoms with Crippen molar-refractivity contribution in [2.45, 2.75) is 26.4 Å². The van der Waals surface area contributed by atoms with Crippen LogP contribution in [0.15, 0.2) is 29.9 Å². The van der Waals surface area contributed by atoms with Crippen molar-refractivity contribution < 1.29 is 9.53 Å². The van der Waals surface area contributed by atoms with Gasteiger partial charge in [-0.25, -0.2) is 4.79 Å². The van der Waals surface area contributed by atoms with Crippen molar-refractivity contribution in [3.8, 4) is 11.1 Å². The third-order valence-electron chi connectivity index (χ3n) is 2.40. The standard InChI is InChI=1S/C14H16N2O2S/c1-14(2,3)18-13(17)11-10(8-19-12(11)15)9-5-4-6-16-7-9/h4-8H,15H2,1-3H3. The van der Waals surface area contributed by atoms with Gasteiger partial charge in [-0.2, -0.15) is 0 Å². The van der Waals surface area contributed by atoms with Crippen molar-refractivity contribution in [2.24, 2.45) is 0 Å². The first-order chi connectivity index (χ1) is 8.88. The molecule has 2 aromatic rings. The monoisotopic (exact) mass is 276 g/mol. The topological polar surface area (TPSA) is 65.2 Å². The third-order valence-corrected chi connectivity index (χ3v) is 3.21. The molecule has 2 aromatic heterocycles. The molecule has 0 atom stereocenters. The fourth-order valence-electron chi connectivity index (χ4n) is 1.65. The number of ether oxygens (including phenoxy) is 1. The summed E-state index contributed by atoms with van der Waals surface area (Å²) in [5.41, 5.74) is 7.40. The molecule has 19 heavy (non-hydrogen) atoms. The molecule has 0 bridgehead atoms. The second-order valence-electron chi connectivity index (χ2n) is 5.13. The molecule has 100 valence electrons. The lowest BCUT2D eigenvalue weighted by Gasteiger charge is -2.19. The highest BCUT2D eigenvalue weighted by atomic mass is 32.1. The third kappa shape index (κ3) is 3.12. The molecule has 0 fully saturated rings. The number of aromatic nitrogens is 1. The number of carbonyl (C=O) groups is 1. The van der Waals surface area contributed by atoms with Crippen LogP contribution in [-0.4, -0.2) is 16.6 Å². The van der Waals surface area contributed by atoms with E-state index in [0.29, 0.717) is 10.6 Å². The first-order valence-electron chi connectivity index (χ1n) is 5.89. The van der Waals surface area contributed by atoms with Gasteiger partial charge in [0.25, 0.3) is 0 Å². The summed E-state index contributed by atoms with van der Waals surface area (Å²) in [5.74, 6) is -0.398. The molecule has 4 nitrogen and oxygen atoms in total. The highest BCUT2D eigenvalue weighted by Crippen LogP contribution is 2.34. The lowest BCUT2D eigenvalue weighted by molar-refractivity contribution is 0.00722. The SMILES string of the molecule is CC(C)(C)OC(=O)c1c(-c2cccnc2)csc1N. The number of esters is 1. The van der Waals surface area contributed by atoms with Gasteiger partial charge in [-0.15, -0.1) is 11.3 Å². The molecule has 0 amide bonds. The number of nitrogens with two attached hydrogens (primary N) is 1. The Balaban J connectivity index is 2.42. The minimum Gasteiger partial charge on any atom is -0.456 e. The molecule has 0 aliphatic rings. The normalized spacial score (nSPS) is 11.3. The van der Waals surface area contributed by atoms with Gasteiger partial charge >= 0.3 is 5.97 Å². The molecule has 0 aliphatic carbocycles. The summed E-state index contributed by atoms with van der Waals surface area (Å²) in [6.07, 6.45) is 3.39. The second-order valence-corrected chi connectivity index (χ2v) is 6.04. The number of nitrogen functional groups attached to an aromatic ring is 1. The van der Waals surface area contributed by atoms with Gasteiger partial charge < -0.3 is 10.5 Å². The van der Waals surface area contributed by atoms with Crippen LogP contribution in [0.3, 0.4) is 0 Å². The number of carbonyl (C=O) groups excluding carboxylic acids is 1. The van der Waals surface area contributed by atoms with E-state index in [1.54, 1.807) is 12.4 Å². The molecule has 2 rings (SSSR count). The molecule has 0 unspecified atom stereocenters. The minimum absolute atomic E-state index is 0.398. The Hall–Kier alpha value is -1.88. The van der Waals surface area contributed by atoms with Crippen molar-refractivity contribution in [1.82, 2.24) is 4.98 Å². The number of hydrogen-bond acceptors (Lipinski definition) is 5. The van der Waals surface area contributed by atoms with Crippen LogP contribution in [0.1, 0.15) is 31.1 Å². The summed E-state index contributed by atoms with van der Waals surface area (Å²) < 4.78 is 5.39. The molecule has 0 saturated carbocycles. The van der Waals surface area contributed by atoms with Gasteiger partial charge in [0.2, 0.25) is 0 Å². The molecule has 2 N–H and O–H groups in total. The van der Waals surface area contributed by atoms with E-state index in [2.05, 4.69) is 4.98 Å². The van der Waals surface area contributed by atoms with E-state index in [1.807, 2.05) is 38.3 Å². The fourth-order valence-corrected chi connectivity index (χ4v) is 2.46. The lowest BCUT2D eigenvalue weighted by Crippen LogP contribution is -2.24. The molecule has 0 spiro atoms. The molecular formula is C14H16N2O2S. The second kappa shape index (κ2) is 5.01. The molecule has 5 heteroatoms. The largest absolute Gasteiger partial charge is 0.456 e. The van der Waals surface area contributed by atoms with Crippen LogP contribution in [0.2, 0.25) is 0 Å².